The molecule has 2 heterocycles. The molecule has 8 heteroatoms. The number of thioether (sulfide) groups is 1. The number of anilines is 2. The highest BCUT2D eigenvalue weighted by Gasteiger charge is 2.24. The standard InChI is InChI=1S/C29H31N5O2S/c1-33(2)28(35)18-25(32-29(36)31-23-10-8-21-12-13-30-24(21)17-23)22-9-11-27-26(16-22)34(14-15-37-27)19-20-6-4-3-5-7-20/h3-13,16-17,25,30H,14-15,18-19H2,1-2H3,(H2,31,32,36). The van der Waals surface area contributed by atoms with E-state index in [1.54, 1.807) is 19.0 Å². The maximum atomic E-state index is 13.0. The molecule has 3 N–H and O–H groups in total. The molecule has 0 saturated carbocycles. The molecule has 4 aromatic rings. The van der Waals surface area contributed by atoms with Gasteiger partial charge in [0.2, 0.25) is 5.91 Å². The van der Waals surface area contributed by atoms with Gasteiger partial charge in [0.25, 0.3) is 0 Å². The average molecular weight is 514 g/mol. The predicted octanol–water partition coefficient (Wildman–Crippen LogP) is 5.62. The van der Waals surface area contributed by atoms with Crippen LogP contribution in [0.3, 0.4) is 0 Å². The van der Waals surface area contributed by atoms with E-state index in [9.17, 15) is 9.59 Å². The Morgan fingerprint density at radius 3 is 2.70 bits per heavy atom. The van der Waals surface area contributed by atoms with Gasteiger partial charge in [0.05, 0.1) is 18.2 Å². The number of nitrogens with one attached hydrogen (secondary N) is 3. The van der Waals surface area contributed by atoms with E-state index in [0.29, 0.717) is 5.69 Å². The molecule has 0 fully saturated rings. The van der Waals surface area contributed by atoms with Crippen molar-refractivity contribution in [2.75, 3.05) is 36.6 Å². The molecule has 7 nitrogen and oxygen atoms in total. The van der Waals surface area contributed by atoms with Crippen LogP contribution in [-0.4, -0.2) is 48.2 Å². The van der Waals surface area contributed by atoms with E-state index in [2.05, 4.69) is 56.9 Å². The highest BCUT2D eigenvalue weighted by atomic mass is 32.2. The van der Waals surface area contributed by atoms with Crippen LogP contribution < -0.4 is 15.5 Å². The maximum Gasteiger partial charge on any atom is 0.319 e. The van der Waals surface area contributed by atoms with Gasteiger partial charge in [-0.15, -0.1) is 11.8 Å². The molecule has 0 radical (unpaired) electrons. The van der Waals surface area contributed by atoms with Crippen LogP contribution >= 0.6 is 11.8 Å². The topological polar surface area (TPSA) is 80.5 Å². The Bertz CT molecular complexity index is 1400. The molecule has 3 aromatic carbocycles. The van der Waals surface area contributed by atoms with Gasteiger partial charge in [-0.1, -0.05) is 42.5 Å². The maximum absolute atomic E-state index is 13.0. The molecule has 1 aliphatic rings. The number of carbonyl (C=O) groups excluding carboxylic acids is 2. The van der Waals surface area contributed by atoms with Crippen LogP contribution in [0.2, 0.25) is 0 Å². The second kappa shape index (κ2) is 11.0. The number of aromatic nitrogens is 1. The zero-order valence-corrected chi connectivity index (χ0v) is 21.8. The molecule has 190 valence electrons. The van der Waals surface area contributed by atoms with Crippen LogP contribution in [0.15, 0.2) is 83.9 Å². The Kier molecular flexibility index (Phi) is 7.37. The SMILES string of the molecule is CN(C)C(=O)CC(NC(=O)Nc1ccc2cc[nH]c2c1)c1ccc2c(c1)N(Cc1ccccc1)CCS2. The van der Waals surface area contributed by atoms with Gasteiger partial charge in [-0.05, 0) is 46.8 Å². The van der Waals surface area contributed by atoms with Crippen LogP contribution in [0.4, 0.5) is 16.2 Å². The van der Waals surface area contributed by atoms with Crippen LogP contribution in [0.1, 0.15) is 23.6 Å². The van der Waals surface area contributed by atoms with Gasteiger partial charge in [-0.25, -0.2) is 4.79 Å². The summed E-state index contributed by atoms with van der Waals surface area (Å²) >= 11 is 1.84. The van der Waals surface area contributed by atoms with E-state index in [0.717, 1.165) is 41.0 Å². The summed E-state index contributed by atoms with van der Waals surface area (Å²) in [5, 5.41) is 7.04. The molecular weight excluding hydrogens is 482 g/mol. The van der Waals surface area contributed by atoms with Gasteiger partial charge >= 0.3 is 6.03 Å². The third-order valence-electron chi connectivity index (χ3n) is 6.56. The van der Waals surface area contributed by atoms with Crippen LogP contribution in [0.5, 0.6) is 0 Å². The Hall–Kier alpha value is -3.91. The summed E-state index contributed by atoms with van der Waals surface area (Å²) in [6.07, 6.45) is 2.04. The first kappa shape index (κ1) is 24.8. The molecule has 0 saturated heterocycles. The van der Waals surface area contributed by atoms with Crippen molar-refractivity contribution in [2.24, 2.45) is 0 Å². The number of carbonyl (C=O) groups is 2. The van der Waals surface area contributed by atoms with Crippen molar-refractivity contribution < 1.29 is 9.59 Å². The first-order chi connectivity index (χ1) is 18.0. The third-order valence-corrected chi connectivity index (χ3v) is 7.60. The number of urea groups is 1. The summed E-state index contributed by atoms with van der Waals surface area (Å²) in [6.45, 7) is 1.75. The number of benzene rings is 3. The largest absolute Gasteiger partial charge is 0.365 e. The molecule has 5 rings (SSSR count). The second-order valence-corrected chi connectivity index (χ2v) is 10.5. The fraction of sp³-hybridized carbons (Fsp3) is 0.241. The molecule has 1 aliphatic heterocycles. The number of rotatable bonds is 7. The minimum atomic E-state index is -0.472. The molecule has 1 aromatic heterocycles. The molecule has 0 bridgehead atoms. The van der Waals surface area contributed by atoms with E-state index in [1.807, 2.05) is 54.4 Å². The van der Waals surface area contributed by atoms with Crippen molar-refractivity contribution in [1.29, 1.82) is 0 Å². The van der Waals surface area contributed by atoms with Crippen molar-refractivity contribution in [3.63, 3.8) is 0 Å². The van der Waals surface area contributed by atoms with Gasteiger partial charge in [0.1, 0.15) is 0 Å². The van der Waals surface area contributed by atoms with Crippen molar-refractivity contribution in [3.05, 3.63) is 90.1 Å². The monoisotopic (exact) mass is 513 g/mol. The van der Waals surface area contributed by atoms with Crippen LogP contribution in [0, 0.1) is 0 Å². The highest BCUT2D eigenvalue weighted by Crippen LogP contribution is 2.38. The third kappa shape index (κ3) is 5.91. The van der Waals surface area contributed by atoms with E-state index in [-0.39, 0.29) is 18.4 Å². The Morgan fingerprint density at radius 2 is 1.89 bits per heavy atom. The molecule has 0 spiro atoms. The first-order valence-electron chi connectivity index (χ1n) is 12.4. The van der Waals surface area contributed by atoms with E-state index in [1.165, 1.54) is 10.5 Å². The molecule has 1 atom stereocenters. The number of nitrogens with zero attached hydrogens (tertiary/aromatic N) is 2. The van der Waals surface area contributed by atoms with Gasteiger partial charge in [-0.2, -0.15) is 0 Å². The summed E-state index contributed by atoms with van der Waals surface area (Å²) in [5.41, 5.74) is 4.93. The van der Waals surface area contributed by atoms with E-state index >= 15 is 0 Å². The summed E-state index contributed by atoms with van der Waals surface area (Å²) in [5.74, 6) is 0.972. The van der Waals surface area contributed by atoms with E-state index < -0.39 is 6.04 Å². The lowest BCUT2D eigenvalue weighted by atomic mass is 10.0. The Labute approximate surface area is 221 Å². The number of H-pyrrole nitrogens is 1. The highest BCUT2D eigenvalue weighted by molar-refractivity contribution is 7.99. The van der Waals surface area contributed by atoms with E-state index in [4.69, 9.17) is 0 Å². The summed E-state index contributed by atoms with van der Waals surface area (Å²) < 4.78 is 0. The van der Waals surface area contributed by atoms with Crippen molar-refractivity contribution >= 4 is 46.0 Å². The average Bonchev–Trinajstić information content (AvgIpc) is 3.37. The summed E-state index contributed by atoms with van der Waals surface area (Å²) in [7, 11) is 3.46. The Balaban J connectivity index is 1.38. The van der Waals surface area contributed by atoms with Gasteiger partial charge in [0.15, 0.2) is 0 Å². The lowest BCUT2D eigenvalue weighted by Gasteiger charge is -2.32. The fourth-order valence-corrected chi connectivity index (χ4v) is 5.57. The lowest BCUT2D eigenvalue weighted by Crippen LogP contribution is -2.36. The minimum Gasteiger partial charge on any atom is -0.365 e. The van der Waals surface area contributed by atoms with Crippen molar-refractivity contribution in [1.82, 2.24) is 15.2 Å². The smallest absolute Gasteiger partial charge is 0.319 e. The predicted molar refractivity (Wildman–Crippen MR) is 151 cm³/mol. The van der Waals surface area contributed by atoms with Crippen LogP contribution in [-0.2, 0) is 11.3 Å². The number of hydrogen-bond donors (Lipinski definition) is 3. The van der Waals surface area contributed by atoms with Gasteiger partial charge in [-0.3, -0.25) is 4.79 Å². The molecule has 37 heavy (non-hydrogen) atoms. The molecule has 0 aliphatic carbocycles. The van der Waals surface area contributed by atoms with Crippen molar-refractivity contribution in [2.45, 2.75) is 23.9 Å². The number of aromatic amines is 1. The number of amides is 3. The zero-order chi connectivity index (χ0) is 25.8. The van der Waals surface area contributed by atoms with Gasteiger partial charge in [0, 0.05) is 55.2 Å². The molecular formula is C29H31N5O2S. The second-order valence-electron chi connectivity index (χ2n) is 9.41. The van der Waals surface area contributed by atoms with Crippen molar-refractivity contribution in [3.8, 4) is 0 Å². The lowest BCUT2D eigenvalue weighted by molar-refractivity contribution is -0.129. The number of hydrogen-bond acceptors (Lipinski definition) is 4. The molecule has 1 unspecified atom stereocenters. The van der Waals surface area contributed by atoms with Crippen LogP contribution in [0.25, 0.3) is 10.9 Å². The minimum absolute atomic E-state index is 0.0497. The zero-order valence-electron chi connectivity index (χ0n) is 21.0. The first-order valence-corrected chi connectivity index (χ1v) is 13.4. The van der Waals surface area contributed by atoms with Gasteiger partial charge < -0.3 is 25.4 Å². The fourth-order valence-electron chi connectivity index (χ4n) is 4.54. The quantitative estimate of drug-likeness (QED) is 0.300. The Morgan fingerprint density at radius 1 is 1.05 bits per heavy atom. The summed E-state index contributed by atoms with van der Waals surface area (Å²) in [4.78, 5) is 34.1. The summed E-state index contributed by atoms with van der Waals surface area (Å²) in [6, 6.07) is 23.6. The number of fused-ring (bicyclic) bond motifs is 2. The molecule has 3 amide bonds. The normalized spacial score (nSPS) is 13.6.